The van der Waals surface area contributed by atoms with E-state index in [-0.39, 0.29) is 5.91 Å². The second kappa shape index (κ2) is 5.90. The van der Waals surface area contributed by atoms with Crippen LogP contribution in [0.25, 0.3) is 5.57 Å². The highest BCUT2D eigenvalue weighted by molar-refractivity contribution is 6.18. The fraction of sp³-hybridized carbons (Fsp3) is 0.364. The molecule has 0 radical (unpaired) electrons. The van der Waals surface area contributed by atoms with Gasteiger partial charge in [0, 0.05) is 19.3 Å². The number of rotatable bonds is 5. The maximum absolute atomic E-state index is 11.7. The Balaban J connectivity index is 2.83. The van der Waals surface area contributed by atoms with Gasteiger partial charge in [-0.2, -0.15) is 0 Å². The lowest BCUT2D eigenvalue weighted by atomic mass is 10.2. The van der Waals surface area contributed by atoms with E-state index in [1.807, 2.05) is 13.8 Å². The topological polar surface area (TPSA) is 54.3 Å². The zero-order valence-corrected chi connectivity index (χ0v) is 9.04. The average molecular weight is 208 g/mol. The normalized spacial score (nSPS) is 11.2. The first-order valence-electron chi connectivity index (χ1n) is 5.05. The number of hydrogen-bond donors (Lipinski definition) is 2. The first kappa shape index (κ1) is 11.4. The molecule has 0 fully saturated rings. The summed E-state index contributed by atoms with van der Waals surface area (Å²) in [6.45, 7) is 5.21. The minimum absolute atomic E-state index is 0.131. The molecule has 0 aliphatic rings. The van der Waals surface area contributed by atoms with Gasteiger partial charge in [-0.05, 0) is 26.0 Å². The van der Waals surface area contributed by atoms with E-state index in [4.69, 9.17) is 4.42 Å². The standard InChI is InChI=1S/C11H16N2O2/c1-3-12-8-9(11(14)13-4-2)10-6-5-7-15-10/h5-8,12H,3-4H2,1-2H3,(H,13,14)/b9-8-. The fourth-order valence-corrected chi connectivity index (χ4v) is 1.14. The molecular formula is C11H16N2O2. The predicted molar refractivity (Wildman–Crippen MR) is 59.0 cm³/mol. The molecule has 0 spiro atoms. The van der Waals surface area contributed by atoms with Crippen LogP contribution in [0, 0.1) is 0 Å². The molecule has 0 aromatic carbocycles. The van der Waals surface area contributed by atoms with Crippen LogP contribution >= 0.6 is 0 Å². The Kier molecular flexibility index (Phi) is 4.47. The zero-order chi connectivity index (χ0) is 11.1. The maximum Gasteiger partial charge on any atom is 0.256 e. The van der Waals surface area contributed by atoms with Crippen LogP contribution in [0.4, 0.5) is 0 Å². The smallest absolute Gasteiger partial charge is 0.256 e. The Labute approximate surface area is 89.4 Å². The third-order valence-electron chi connectivity index (χ3n) is 1.82. The lowest BCUT2D eigenvalue weighted by molar-refractivity contribution is -0.115. The van der Waals surface area contributed by atoms with Gasteiger partial charge in [0.15, 0.2) is 0 Å². The molecule has 4 heteroatoms. The van der Waals surface area contributed by atoms with Crippen LogP contribution in [0.15, 0.2) is 29.0 Å². The van der Waals surface area contributed by atoms with Gasteiger partial charge in [-0.1, -0.05) is 0 Å². The van der Waals surface area contributed by atoms with Crippen molar-refractivity contribution in [3.8, 4) is 0 Å². The van der Waals surface area contributed by atoms with Gasteiger partial charge in [0.1, 0.15) is 5.76 Å². The molecule has 1 heterocycles. The number of carbonyl (C=O) groups excluding carboxylic acids is 1. The first-order chi connectivity index (χ1) is 7.29. The van der Waals surface area contributed by atoms with Crippen molar-refractivity contribution >= 4 is 11.5 Å². The Morgan fingerprint density at radius 3 is 2.80 bits per heavy atom. The third-order valence-corrected chi connectivity index (χ3v) is 1.82. The van der Waals surface area contributed by atoms with Crippen LogP contribution in [0.3, 0.4) is 0 Å². The highest BCUT2D eigenvalue weighted by Gasteiger charge is 2.12. The summed E-state index contributed by atoms with van der Waals surface area (Å²) in [4.78, 5) is 11.7. The van der Waals surface area contributed by atoms with Gasteiger partial charge in [-0.15, -0.1) is 0 Å². The summed E-state index contributed by atoms with van der Waals surface area (Å²) in [7, 11) is 0. The molecule has 1 amide bonds. The summed E-state index contributed by atoms with van der Waals surface area (Å²) < 4.78 is 5.19. The SMILES string of the molecule is CCN/C=C(\C(=O)NCC)c1ccco1. The maximum atomic E-state index is 11.7. The van der Waals surface area contributed by atoms with E-state index < -0.39 is 0 Å². The Hall–Kier alpha value is -1.71. The van der Waals surface area contributed by atoms with Crippen LogP contribution in [0.2, 0.25) is 0 Å². The quantitative estimate of drug-likeness (QED) is 0.718. The van der Waals surface area contributed by atoms with E-state index in [2.05, 4.69) is 10.6 Å². The molecule has 1 aromatic heterocycles. The largest absolute Gasteiger partial charge is 0.464 e. The lowest BCUT2D eigenvalue weighted by Gasteiger charge is -2.05. The van der Waals surface area contributed by atoms with Crippen molar-refractivity contribution in [3.63, 3.8) is 0 Å². The van der Waals surface area contributed by atoms with Gasteiger partial charge < -0.3 is 15.1 Å². The summed E-state index contributed by atoms with van der Waals surface area (Å²) in [5, 5.41) is 5.73. The van der Waals surface area contributed by atoms with Gasteiger partial charge >= 0.3 is 0 Å². The molecule has 82 valence electrons. The number of carbonyl (C=O) groups is 1. The van der Waals surface area contributed by atoms with E-state index in [1.165, 1.54) is 0 Å². The highest BCUT2D eigenvalue weighted by Crippen LogP contribution is 2.13. The monoisotopic (exact) mass is 208 g/mol. The van der Waals surface area contributed by atoms with E-state index in [1.54, 1.807) is 24.6 Å². The molecule has 1 aromatic rings. The third kappa shape index (κ3) is 3.16. The summed E-state index contributed by atoms with van der Waals surface area (Å²) in [5.74, 6) is 0.440. The molecule has 0 saturated heterocycles. The van der Waals surface area contributed by atoms with E-state index in [0.29, 0.717) is 17.9 Å². The van der Waals surface area contributed by atoms with Crippen molar-refractivity contribution in [3.05, 3.63) is 30.4 Å². The van der Waals surface area contributed by atoms with Crippen molar-refractivity contribution in [1.82, 2.24) is 10.6 Å². The van der Waals surface area contributed by atoms with Crippen LogP contribution in [-0.2, 0) is 4.79 Å². The van der Waals surface area contributed by atoms with Crippen molar-refractivity contribution < 1.29 is 9.21 Å². The Morgan fingerprint density at radius 1 is 1.47 bits per heavy atom. The molecule has 2 N–H and O–H groups in total. The minimum atomic E-state index is -0.131. The summed E-state index contributed by atoms with van der Waals surface area (Å²) in [6.07, 6.45) is 3.22. The Bertz CT molecular complexity index is 328. The Morgan fingerprint density at radius 2 is 2.27 bits per heavy atom. The first-order valence-corrected chi connectivity index (χ1v) is 5.05. The van der Waals surface area contributed by atoms with Crippen molar-refractivity contribution in [2.75, 3.05) is 13.1 Å². The van der Waals surface area contributed by atoms with Crippen molar-refractivity contribution in [2.24, 2.45) is 0 Å². The lowest BCUT2D eigenvalue weighted by Crippen LogP contribution is -2.24. The minimum Gasteiger partial charge on any atom is -0.464 e. The van der Waals surface area contributed by atoms with Gasteiger partial charge in [-0.25, -0.2) is 0 Å². The van der Waals surface area contributed by atoms with Crippen LogP contribution in [0.1, 0.15) is 19.6 Å². The molecule has 0 aliphatic heterocycles. The van der Waals surface area contributed by atoms with Gasteiger partial charge in [-0.3, -0.25) is 4.79 Å². The molecular weight excluding hydrogens is 192 g/mol. The van der Waals surface area contributed by atoms with Crippen molar-refractivity contribution in [1.29, 1.82) is 0 Å². The molecule has 0 saturated carbocycles. The highest BCUT2D eigenvalue weighted by atomic mass is 16.3. The predicted octanol–water partition coefficient (Wildman–Crippen LogP) is 1.37. The van der Waals surface area contributed by atoms with Crippen LogP contribution < -0.4 is 10.6 Å². The second-order valence-electron chi connectivity index (χ2n) is 2.95. The number of amides is 1. The van der Waals surface area contributed by atoms with Gasteiger partial charge in [0.25, 0.3) is 5.91 Å². The summed E-state index contributed by atoms with van der Waals surface area (Å²) in [6, 6.07) is 3.52. The number of furan rings is 1. The van der Waals surface area contributed by atoms with Crippen LogP contribution in [0.5, 0.6) is 0 Å². The molecule has 0 unspecified atom stereocenters. The van der Waals surface area contributed by atoms with Crippen LogP contribution in [-0.4, -0.2) is 19.0 Å². The van der Waals surface area contributed by atoms with Gasteiger partial charge in [0.2, 0.25) is 0 Å². The van der Waals surface area contributed by atoms with Gasteiger partial charge in [0.05, 0.1) is 11.8 Å². The zero-order valence-electron chi connectivity index (χ0n) is 9.04. The number of likely N-dealkylation sites (N-methyl/N-ethyl adjacent to an activating group) is 1. The number of hydrogen-bond acceptors (Lipinski definition) is 3. The van der Waals surface area contributed by atoms with E-state index in [0.717, 1.165) is 6.54 Å². The van der Waals surface area contributed by atoms with Crippen molar-refractivity contribution in [2.45, 2.75) is 13.8 Å². The fourth-order valence-electron chi connectivity index (χ4n) is 1.14. The molecule has 0 atom stereocenters. The summed E-state index contributed by atoms with van der Waals surface area (Å²) in [5.41, 5.74) is 0.517. The van der Waals surface area contributed by atoms with E-state index in [9.17, 15) is 4.79 Å². The average Bonchev–Trinajstić information content (AvgIpc) is 2.72. The molecule has 1 rings (SSSR count). The van der Waals surface area contributed by atoms with E-state index >= 15 is 0 Å². The molecule has 0 aliphatic carbocycles. The second-order valence-corrected chi connectivity index (χ2v) is 2.95. The molecule has 4 nitrogen and oxygen atoms in total. The molecule has 0 bridgehead atoms. The summed E-state index contributed by atoms with van der Waals surface area (Å²) >= 11 is 0. The number of nitrogens with one attached hydrogen (secondary N) is 2. The molecule has 15 heavy (non-hydrogen) atoms.